The lowest BCUT2D eigenvalue weighted by Gasteiger charge is -2.13. The van der Waals surface area contributed by atoms with Gasteiger partial charge in [0, 0.05) is 12.0 Å². The van der Waals surface area contributed by atoms with E-state index in [1.54, 1.807) is 7.11 Å². The number of methoxy groups -OCH3 is 1. The maximum atomic E-state index is 5.60. The lowest BCUT2D eigenvalue weighted by atomic mass is 10.0. The van der Waals surface area contributed by atoms with Crippen molar-refractivity contribution in [3.05, 3.63) is 23.3 Å². The monoisotopic (exact) mass is 235 g/mol. The minimum atomic E-state index is 0.805. The summed E-state index contributed by atoms with van der Waals surface area (Å²) >= 11 is 0. The highest BCUT2D eigenvalue weighted by Crippen LogP contribution is 2.33. The fourth-order valence-electron chi connectivity index (χ4n) is 2.22. The van der Waals surface area contributed by atoms with E-state index in [4.69, 9.17) is 9.47 Å². The van der Waals surface area contributed by atoms with Gasteiger partial charge in [-0.1, -0.05) is 0 Å². The van der Waals surface area contributed by atoms with Gasteiger partial charge in [-0.2, -0.15) is 0 Å². The number of hydrogen-bond acceptors (Lipinski definition) is 3. The zero-order valence-electron chi connectivity index (χ0n) is 11.0. The van der Waals surface area contributed by atoms with E-state index in [0.29, 0.717) is 0 Å². The van der Waals surface area contributed by atoms with E-state index in [2.05, 4.69) is 31.1 Å². The van der Waals surface area contributed by atoms with Crippen LogP contribution in [0.2, 0.25) is 0 Å². The Morgan fingerprint density at radius 2 is 2.18 bits per heavy atom. The normalized spacial score (nSPS) is 13.6. The quantitative estimate of drug-likeness (QED) is 0.780. The van der Waals surface area contributed by atoms with Crippen LogP contribution in [0.1, 0.15) is 17.5 Å². The molecule has 3 nitrogen and oxygen atoms in total. The largest absolute Gasteiger partial charge is 0.496 e. The number of rotatable bonds is 5. The first kappa shape index (κ1) is 12.2. The molecule has 3 heteroatoms. The maximum absolute atomic E-state index is 5.60. The van der Waals surface area contributed by atoms with Crippen molar-refractivity contribution >= 4 is 0 Å². The highest BCUT2D eigenvalue weighted by molar-refractivity contribution is 5.48. The Labute approximate surface area is 103 Å². The molecule has 0 fully saturated rings. The standard InChI is InChI=1S/C14H21NO2/c1-15(2)7-4-5-11-10-14-12(6-8-17-14)9-13(11)16-3/h9-10H,4-8H2,1-3H3. The molecule has 0 unspecified atom stereocenters. The van der Waals surface area contributed by atoms with E-state index >= 15 is 0 Å². The maximum Gasteiger partial charge on any atom is 0.123 e. The van der Waals surface area contributed by atoms with Crippen molar-refractivity contribution in [2.24, 2.45) is 0 Å². The second kappa shape index (κ2) is 5.41. The first-order valence-corrected chi connectivity index (χ1v) is 6.18. The molecule has 1 aromatic carbocycles. The SMILES string of the molecule is COc1cc2c(cc1CCCN(C)C)OCC2. The second-order valence-corrected chi connectivity index (χ2v) is 4.78. The van der Waals surface area contributed by atoms with Crippen molar-refractivity contribution in [3.63, 3.8) is 0 Å². The first-order valence-electron chi connectivity index (χ1n) is 6.18. The first-order chi connectivity index (χ1) is 8.20. The molecular weight excluding hydrogens is 214 g/mol. The average molecular weight is 235 g/mol. The number of hydrogen-bond donors (Lipinski definition) is 0. The van der Waals surface area contributed by atoms with Gasteiger partial charge in [-0.05, 0) is 51.2 Å². The minimum Gasteiger partial charge on any atom is -0.496 e. The molecule has 0 saturated heterocycles. The number of nitrogens with zero attached hydrogens (tertiary/aromatic N) is 1. The molecule has 0 radical (unpaired) electrons. The van der Waals surface area contributed by atoms with E-state index in [9.17, 15) is 0 Å². The van der Waals surface area contributed by atoms with Crippen molar-refractivity contribution in [2.45, 2.75) is 19.3 Å². The smallest absolute Gasteiger partial charge is 0.123 e. The Bertz CT molecular complexity index is 388. The van der Waals surface area contributed by atoms with Crippen molar-refractivity contribution in [2.75, 3.05) is 34.4 Å². The highest BCUT2D eigenvalue weighted by Gasteiger charge is 2.16. The molecule has 0 atom stereocenters. The summed E-state index contributed by atoms with van der Waals surface area (Å²) in [7, 11) is 5.94. The van der Waals surface area contributed by atoms with Crippen molar-refractivity contribution < 1.29 is 9.47 Å². The van der Waals surface area contributed by atoms with E-state index < -0.39 is 0 Å². The van der Waals surface area contributed by atoms with E-state index in [-0.39, 0.29) is 0 Å². The van der Waals surface area contributed by atoms with Gasteiger partial charge < -0.3 is 14.4 Å². The van der Waals surface area contributed by atoms with Crippen molar-refractivity contribution in [3.8, 4) is 11.5 Å². The summed E-state index contributed by atoms with van der Waals surface area (Å²) in [6, 6.07) is 4.28. The van der Waals surface area contributed by atoms with Crippen LogP contribution < -0.4 is 9.47 Å². The zero-order chi connectivity index (χ0) is 12.3. The Hall–Kier alpha value is -1.22. The van der Waals surface area contributed by atoms with Crippen LogP contribution in [-0.2, 0) is 12.8 Å². The van der Waals surface area contributed by atoms with Gasteiger partial charge in [-0.25, -0.2) is 0 Å². The molecule has 1 aromatic rings. The van der Waals surface area contributed by atoms with Crippen molar-refractivity contribution in [1.29, 1.82) is 0 Å². The Balaban J connectivity index is 2.09. The van der Waals surface area contributed by atoms with Crippen LogP contribution in [0.3, 0.4) is 0 Å². The molecule has 0 aromatic heterocycles. The summed E-state index contributed by atoms with van der Waals surface area (Å²) in [5, 5.41) is 0. The van der Waals surface area contributed by atoms with E-state index in [1.165, 1.54) is 11.1 Å². The lowest BCUT2D eigenvalue weighted by Crippen LogP contribution is -2.13. The molecule has 1 aliphatic rings. The topological polar surface area (TPSA) is 21.7 Å². The molecular formula is C14H21NO2. The molecule has 0 spiro atoms. The summed E-state index contributed by atoms with van der Waals surface area (Å²) in [5.41, 5.74) is 2.54. The van der Waals surface area contributed by atoms with Gasteiger partial charge in [0.05, 0.1) is 13.7 Å². The van der Waals surface area contributed by atoms with Gasteiger partial charge in [-0.3, -0.25) is 0 Å². The van der Waals surface area contributed by atoms with E-state index in [0.717, 1.165) is 43.9 Å². The number of fused-ring (bicyclic) bond motifs is 1. The summed E-state index contributed by atoms with van der Waals surface area (Å²) in [4.78, 5) is 2.20. The number of benzene rings is 1. The van der Waals surface area contributed by atoms with E-state index in [1.807, 2.05) is 0 Å². The van der Waals surface area contributed by atoms with Crippen LogP contribution in [0.4, 0.5) is 0 Å². The molecule has 0 bridgehead atoms. The van der Waals surface area contributed by atoms with Gasteiger partial charge in [0.25, 0.3) is 0 Å². The number of aryl methyl sites for hydroxylation is 1. The second-order valence-electron chi connectivity index (χ2n) is 4.78. The average Bonchev–Trinajstić information content (AvgIpc) is 2.74. The summed E-state index contributed by atoms with van der Waals surface area (Å²) in [5.74, 6) is 2.05. The third-order valence-corrected chi connectivity index (χ3v) is 3.14. The van der Waals surface area contributed by atoms with Crippen LogP contribution in [0.5, 0.6) is 11.5 Å². The molecule has 94 valence electrons. The van der Waals surface area contributed by atoms with Crippen LogP contribution in [0.25, 0.3) is 0 Å². The third-order valence-electron chi connectivity index (χ3n) is 3.14. The molecule has 1 aliphatic heterocycles. The predicted octanol–water partition coefficient (Wildman–Crippen LogP) is 2.12. The van der Waals surface area contributed by atoms with Gasteiger partial charge in [-0.15, -0.1) is 0 Å². The molecule has 2 rings (SSSR count). The summed E-state index contributed by atoms with van der Waals surface area (Å²) in [6.07, 6.45) is 3.18. The molecule has 0 N–H and O–H groups in total. The van der Waals surface area contributed by atoms with Gasteiger partial charge in [0.15, 0.2) is 0 Å². The number of ether oxygens (including phenoxy) is 2. The Morgan fingerprint density at radius 3 is 2.88 bits per heavy atom. The van der Waals surface area contributed by atoms with Crippen LogP contribution >= 0.6 is 0 Å². The third kappa shape index (κ3) is 2.91. The minimum absolute atomic E-state index is 0.805. The van der Waals surface area contributed by atoms with Gasteiger partial charge in [0.1, 0.15) is 11.5 Å². The van der Waals surface area contributed by atoms with Crippen LogP contribution in [0, 0.1) is 0 Å². The van der Waals surface area contributed by atoms with Crippen molar-refractivity contribution in [1.82, 2.24) is 4.90 Å². The molecule has 0 aliphatic carbocycles. The fraction of sp³-hybridized carbons (Fsp3) is 0.571. The Kier molecular flexibility index (Phi) is 3.89. The molecule has 17 heavy (non-hydrogen) atoms. The Morgan fingerprint density at radius 1 is 1.35 bits per heavy atom. The zero-order valence-corrected chi connectivity index (χ0v) is 11.0. The predicted molar refractivity (Wildman–Crippen MR) is 69.1 cm³/mol. The fourth-order valence-corrected chi connectivity index (χ4v) is 2.22. The highest BCUT2D eigenvalue weighted by atomic mass is 16.5. The summed E-state index contributed by atoms with van der Waals surface area (Å²) in [6.45, 7) is 1.90. The summed E-state index contributed by atoms with van der Waals surface area (Å²) < 4.78 is 11.1. The molecule has 0 saturated carbocycles. The molecule has 1 heterocycles. The van der Waals surface area contributed by atoms with Crippen LogP contribution in [-0.4, -0.2) is 39.3 Å². The lowest BCUT2D eigenvalue weighted by molar-refractivity contribution is 0.355. The van der Waals surface area contributed by atoms with Gasteiger partial charge >= 0.3 is 0 Å². The molecule has 0 amide bonds. The van der Waals surface area contributed by atoms with Gasteiger partial charge in [0.2, 0.25) is 0 Å². The van der Waals surface area contributed by atoms with Crippen LogP contribution in [0.15, 0.2) is 12.1 Å².